The second-order valence-electron chi connectivity index (χ2n) is 7.04. The van der Waals surface area contributed by atoms with Crippen LogP contribution in [0.1, 0.15) is 11.1 Å². The van der Waals surface area contributed by atoms with Crippen molar-refractivity contribution < 1.29 is 18.7 Å². The molecule has 4 aromatic rings. The normalized spacial score (nSPS) is 10.8. The number of hydrogen-bond donors (Lipinski definition) is 1. The van der Waals surface area contributed by atoms with Gasteiger partial charge >= 0.3 is 0 Å². The van der Waals surface area contributed by atoms with Gasteiger partial charge in [0.1, 0.15) is 17.0 Å². The Balaban J connectivity index is 1.46. The SMILES string of the molecule is COc1cccc(-c2nc3cc(NC(=O)COc4ccc(C)cc4C)ccc3o2)c1. The van der Waals surface area contributed by atoms with Crippen molar-refractivity contribution in [2.24, 2.45) is 0 Å². The fraction of sp³-hybridized carbons (Fsp3) is 0.167. The zero-order valence-corrected chi connectivity index (χ0v) is 17.1. The van der Waals surface area contributed by atoms with Crippen LogP contribution in [0.25, 0.3) is 22.6 Å². The molecule has 0 saturated carbocycles. The van der Waals surface area contributed by atoms with E-state index < -0.39 is 0 Å². The minimum Gasteiger partial charge on any atom is -0.497 e. The molecule has 3 aromatic carbocycles. The van der Waals surface area contributed by atoms with E-state index in [-0.39, 0.29) is 12.5 Å². The number of amides is 1. The van der Waals surface area contributed by atoms with E-state index in [4.69, 9.17) is 13.9 Å². The zero-order valence-electron chi connectivity index (χ0n) is 17.1. The van der Waals surface area contributed by atoms with Crippen LogP contribution in [0.2, 0.25) is 0 Å². The van der Waals surface area contributed by atoms with Crippen molar-refractivity contribution in [1.82, 2.24) is 4.98 Å². The smallest absolute Gasteiger partial charge is 0.262 e. The number of fused-ring (bicyclic) bond motifs is 1. The van der Waals surface area contributed by atoms with Gasteiger partial charge < -0.3 is 19.2 Å². The monoisotopic (exact) mass is 402 g/mol. The predicted molar refractivity (Wildman–Crippen MR) is 116 cm³/mol. The highest BCUT2D eigenvalue weighted by Gasteiger charge is 2.11. The molecular formula is C24H22N2O4. The third-order valence-electron chi connectivity index (χ3n) is 4.68. The summed E-state index contributed by atoms with van der Waals surface area (Å²) in [6, 6.07) is 18.7. The number of carbonyl (C=O) groups excluding carboxylic acids is 1. The van der Waals surface area contributed by atoms with Crippen LogP contribution in [0.15, 0.2) is 65.1 Å². The quantitative estimate of drug-likeness (QED) is 0.483. The Morgan fingerprint density at radius 3 is 2.73 bits per heavy atom. The third-order valence-corrected chi connectivity index (χ3v) is 4.68. The van der Waals surface area contributed by atoms with Gasteiger partial charge in [0.25, 0.3) is 5.91 Å². The number of methoxy groups -OCH3 is 1. The van der Waals surface area contributed by atoms with Gasteiger partial charge in [0, 0.05) is 11.3 Å². The summed E-state index contributed by atoms with van der Waals surface area (Å²) in [7, 11) is 1.62. The largest absolute Gasteiger partial charge is 0.497 e. The molecule has 0 unspecified atom stereocenters. The van der Waals surface area contributed by atoms with Gasteiger partial charge in [-0.2, -0.15) is 0 Å². The highest BCUT2D eigenvalue weighted by Crippen LogP contribution is 2.28. The fourth-order valence-corrected chi connectivity index (χ4v) is 3.19. The van der Waals surface area contributed by atoms with Crippen molar-refractivity contribution >= 4 is 22.7 Å². The zero-order chi connectivity index (χ0) is 21.1. The van der Waals surface area contributed by atoms with Crippen LogP contribution in [-0.4, -0.2) is 24.6 Å². The first-order valence-electron chi connectivity index (χ1n) is 9.57. The second kappa shape index (κ2) is 8.29. The average Bonchev–Trinajstić information content (AvgIpc) is 3.16. The lowest BCUT2D eigenvalue weighted by atomic mass is 10.1. The Kier molecular flexibility index (Phi) is 5.39. The van der Waals surface area contributed by atoms with Crippen molar-refractivity contribution in [2.75, 3.05) is 19.0 Å². The highest BCUT2D eigenvalue weighted by molar-refractivity contribution is 5.94. The van der Waals surface area contributed by atoms with Gasteiger partial charge in [-0.05, 0) is 61.9 Å². The average molecular weight is 402 g/mol. The lowest BCUT2D eigenvalue weighted by Crippen LogP contribution is -2.20. The minimum atomic E-state index is -0.245. The lowest BCUT2D eigenvalue weighted by molar-refractivity contribution is -0.118. The molecule has 0 spiro atoms. The first-order valence-corrected chi connectivity index (χ1v) is 9.57. The van der Waals surface area contributed by atoms with E-state index in [0.29, 0.717) is 28.4 Å². The maximum atomic E-state index is 12.3. The summed E-state index contributed by atoms with van der Waals surface area (Å²) in [4.78, 5) is 16.8. The van der Waals surface area contributed by atoms with Gasteiger partial charge in [-0.3, -0.25) is 4.79 Å². The number of nitrogens with zero attached hydrogens (tertiary/aromatic N) is 1. The summed E-state index contributed by atoms with van der Waals surface area (Å²) in [5.74, 6) is 1.67. The number of nitrogens with one attached hydrogen (secondary N) is 1. The minimum absolute atomic E-state index is 0.0736. The molecule has 0 bridgehead atoms. The van der Waals surface area contributed by atoms with E-state index in [1.165, 1.54) is 0 Å². The predicted octanol–water partition coefficient (Wildman–Crippen LogP) is 5.14. The molecule has 1 heterocycles. The maximum Gasteiger partial charge on any atom is 0.262 e. The number of carbonyl (C=O) groups is 1. The van der Waals surface area contributed by atoms with E-state index in [0.717, 1.165) is 22.4 Å². The molecular weight excluding hydrogens is 380 g/mol. The van der Waals surface area contributed by atoms with E-state index >= 15 is 0 Å². The van der Waals surface area contributed by atoms with Gasteiger partial charge in [-0.15, -0.1) is 0 Å². The molecule has 0 aliphatic heterocycles. The standard InChI is InChI=1S/C24H22N2O4/c1-15-7-9-21(16(2)11-15)29-14-23(27)25-18-8-10-22-20(13-18)26-24(30-22)17-5-4-6-19(12-17)28-3/h4-13H,14H2,1-3H3,(H,25,27). The van der Waals surface area contributed by atoms with Gasteiger partial charge in [0.15, 0.2) is 12.2 Å². The Hall–Kier alpha value is -3.80. The maximum absolute atomic E-state index is 12.3. The Morgan fingerprint density at radius 2 is 1.93 bits per heavy atom. The number of benzene rings is 3. The second-order valence-corrected chi connectivity index (χ2v) is 7.04. The van der Waals surface area contributed by atoms with Gasteiger partial charge in [0.2, 0.25) is 5.89 Å². The van der Waals surface area contributed by atoms with Crippen LogP contribution in [0, 0.1) is 13.8 Å². The molecule has 1 N–H and O–H groups in total. The Morgan fingerprint density at radius 1 is 1.07 bits per heavy atom. The number of ether oxygens (including phenoxy) is 2. The Bertz CT molecular complexity index is 1210. The molecule has 0 fully saturated rings. The summed E-state index contributed by atoms with van der Waals surface area (Å²) >= 11 is 0. The van der Waals surface area contributed by atoms with Gasteiger partial charge in [0.05, 0.1) is 7.11 Å². The van der Waals surface area contributed by atoms with Crippen LogP contribution in [0.5, 0.6) is 11.5 Å². The van der Waals surface area contributed by atoms with E-state index in [1.54, 1.807) is 25.3 Å². The highest BCUT2D eigenvalue weighted by atomic mass is 16.5. The van der Waals surface area contributed by atoms with Crippen LogP contribution in [0.4, 0.5) is 5.69 Å². The van der Waals surface area contributed by atoms with Crippen molar-refractivity contribution in [3.05, 3.63) is 71.8 Å². The number of aromatic nitrogens is 1. The molecule has 0 radical (unpaired) electrons. The van der Waals surface area contributed by atoms with Crippen molar-refractivity contribution in [3.63, 3.8) is 0 Å². The van der Waals surface area contributed by atoms with Crippen LogP contribution in [-0.2, 0) is 4.79 Å². The Labute approximate surface area is 174 Å². The lowest BCUT2D eigenvalue weighted by Gasteiger charge is -2.10. The summed E-state index contributed by atoms with van der Waals surface area (Å²) in [6.07, 6.45) is 0. The molecule has 6 heteroatoms. The number of oxazole rings is 1. The number of aryl methyl sites for hydroxylation is 2. The van der Waals surface area contributed by atoms with Crippen LogP contribution < -0.4 is 14.8 Å². The molecule has 30 heavy (non-hydrogen) atoms. The first kappa shape index (κ1) is 19.5. The van der Waals surface area contributed by atoms with Gasteiger partial charge in [-0.1, -0.05) is 23.8 Å². The van der Waals surface area contributed by atoms with E-state index in [9.17, 15) is 4.79 Å². The van der Waals surface area contributed by atoms with Gasteiger partial charge in [-0.25, -0.2) is 4.98 Å². The molecule has 0 atom stereocenters. The summed E-state index contributed by atoms with van der Waals surface area (Å²) < 4.78 is 16.7. The molecule has 6 nitrogen and oxygen atoms in total. The summed E-state index contributed by atoms with van der Waals surface area (Å²) in [6.45, 7) is 3.90. The molecule has 4 rings (SSSR count). The molecule has 1 aromatic heterocycles. The van der Waals surface area contributed by atoms with Crippen molar-refractivity contribution in [3.8, 4) is 23.0 Å². The van der Waals surface area contributed by atoms with E-state index in [1.807, 2.05) is 56.3 Å². The molecule has 0 aliphatic carbocycles. The topological polar surface area (TPSA) is 73.6 Å². The van der Waals surface area contributed by atoms with Crippen molar-refractivity contribution in [1.29, 1.82) is 0 Å². The fourth-order valence-electron chi connectivity index (χ4n) is 3.19. The number of hydrogen-bond acceptors (Lipinski definition) is 5. The molecule has 152 valence electrons. The summed E-state index contributed by atoms with van der Waals surface area (Å²) in [5.41, 5.74) is 4.88. The van der Waals surface area contributed by atoms with Crippen LogP contribution in [0.3, 0.4) is 0 Å². The molecule has 1 amide bonds. The number of anilines is 1. The summed E-state index contributed by atoms with van der Waals surface area (Å²) in [5, 5.41) is 2.84. The van der Waals surface area contributed by atoms with E-state index in [2.05, 4.69) is 10.3 Å². The molecule has 0 saturated heterocycles. The third kappa shape index (κ3) is 4.27. The van der Waals surface area contributed by atoms with Crippen LogP contribution >= 0.6 is 0 Å². The van der Waals surface area contributed by atoms with Crippen molar-refractivity contribution in [2.45, 2.75) is 13.8 Å². The molecule has 0 aliphatic rings. The first-order chi connectivity index (χ1) is 14.5. The number of rotatable bonds is 6.